The number of Topliss-reactive ketones (excluding diaryl/α,β-unsaturated/α-hetero) is 1. The molecule has 1 aromatic heterocycles. The number of benzene rings is 2. The summed E-state index contributed by atoms with van der Waals surface area (Å²) >= 11 is 1.88. The number of aliphatic imine (C=N–C) groups is 1. The molecule has 33 heteroatoms. The Balaban J connectivity index is 0.836. The molecule has 32 nitrogen and oxygen atoms in total. The number of nitrogens with zero attached hydrogens (tertiary/aromatic N) is 5. The Labute approximate surface area is 623 Å². The number of amidine groups is 1. The van der Waals surface area contributed by atoms with Crippen LogP contribution in [0, 0.1) is 5.41 Å². The Morgan fingerprint density at radius 2 is 1.25 bits per heavy atom. The number of aliphatic hydroxyl groups is 1. The Morgan fingerprint density at radius 1 is 0.632 bits per heavy atom. The molecular weight excluding hydrogens is 1390 g/mol. The van der Waals surface area contributed by atoms with Crippen molar-refractivity contribution in [1.29, 1.82) is 0 Å². The minimum Gasteiger partial charge on any atom is -0.511 e. The van der Waals surface area contributed by atoms with Gasteiger partial charge in [-0.05, 0) is 113 Å². The van der Waals surface area contributed by atoms with Crippen molar-refractivity contribution in [3.8, 4) is 5.75 Å². The van der Waals surface area contributed by atoms with Gasteiger partial charge < -0.3 is 81.9 Å². The van der Waals surface area contributed by atoms with Gasteiger partial charge in [-0.15, -0.1) is 10.2 Å². The quantitative estimate of drug-likeness (QED) is 0.00671. The molecular formula is C73H111N15O17S. The van der Waals surface area contributed by atoms with Gasteiger partial charge in [-0.25, -0.2) is 4.79 Å². The monoisotopic (exact) mass is 1500 g/mol. The zero-order valence-electron chi connectivity index (χ0n) is 61.7. The molecule has 8 amide bonds. The maximum absolute atomic E-state index is 13.6. The second-order valence-corrected chi connectivity index (χ2v) is 28.2. The molecule has 0 unspecified atom stereocenters. The lowest BCUT2D eigenvalue weighted by Gasteiger charge is -2.30. The van der Waals surface area contributed by atoms with Crippen LogP contribution in [-0.2, 0) is 64.3 Å². The van der Waals surface area contributed by atoms with Crippen molar-refractivity contribution in [2.45, 2.75) is 172 Å². The standard InChI is InChI=1S/C73H111N15O17S/c1-73(2)48-58(89)65(59(90)49-73)55(75-34-39-102-43-44-103-40-35-80-70(97)67(84-74)86-85-51-19-7-6-8-20-51)21-9-11-24-61(91)76-31-15-13-22-56(81-64(94)29-28-63(93)77-30-14-4-5-16-38-105-52-26-27-53-54(47-52)68(95)87-88(3)71(53)98)69(96)79-33-18-37-101-42-46-104-45-41-100-36-17-32-78-62(92)25-12-10-23-60-66-57(50-106-60)82-72(99)83-66/h6-8,19-20,26-27,47,56-57,60,66,89H,4-5,9-18,21-25,28-46,48-50,74H2,1-3H3,(H,76,91)(H,77,93)(H,78,92)(H,79,96)(H,80,97)(H,81,94)(H,87,95)(H2,82,83,99)/t56-,57-,60-,66-/m0/s1. The van der Waals surface area contributed by atoms with Crippen LogP contribution < -0.4 is 64.2 Å². The third-order valence-corrected chi connectivity index (χ3v) is 19.1. The third-order valence-electron chi connectivity index (χ3n) is 17.5. The zero-order chi connectivity index (χ0) is 76.2. The van der Waals surface area contributed by atoms with Crippen molar-refractivity contribution in [3.63, 3.8) is 0 Å². The highest BCUT2D eigenvalue weighted by Gasteiger charge is 2.42. The van der Waals surface area contributed by atoms with Crippen LogP contribution in [0.5, 0.6) is 5.75 Å². The number of hydrazone groups is 1. The first-order valence-corrected chi connectivity index (χ1v) is 38.2. The van der Waals surface area contributed by atoms with Crippen molar-refractivity contribution < 1.29 is 71.9 Å². The highest BCUT2D eigenvalue weighted by Crippen LogP contribution is 2.37. The molecule has 586 valence electrons. The van der Waals surface area contributed by atoms with E-state index in [1.54, 1.807) is 42.5 Å². The molecule has 2 aromatic carbocycles. The average Bonchev–Trinajstić information content (AvgIpc) is 1.08. The van der Waals surface area contributed by atoms with Crippen molar-refractivity contribution >= 4 is 87.0 Å². The summed E-state index contributed by atoms with van der Waals surface area (Å²) in [5.74, 6) is 4.34. The van der Waals surface area contributed by atoms with Gasteiger partial charge in [0.25, 0.3) is 22.9 Å². The number of aliphatic hydroxyl groups excluding tert-OH is 1. The zero-order valence-corrected chi connectivity index (χ0v) is 62.5. The number of thioether (sulfide) groups is 1. The number of aromatic amines is 1. The molecule has 3 heterocycles. The first-order chi connectivity index (χ1) is 51.3. The second-order valence-electron chi connectivity index (χ2n) is 26.9. The number of unbranched alkanes of at least 4 members (excludes halogenated alkanes) is 6. The molecule has 2 aliphatic heterocycles. The van der Waals surface area contributed by atoms with Crippen molar-refractivity contribution in [3.05, 3.63) is 80.6 Å². The number of hydrogen-bond donors (Lipinski definition) is 11. The fraction of sp³-hybridized carbons (Fsp3) is 0.644. The molecule has 1 aliphatic carbocycles. The van der Waals surface area contributed by atoms with Crippen molar-refractivity contribution in [2.75, 3.05) is 118 Å². The van der Waals surface area contributed by atoms with Crippen molar-refractivity contribution in [1.82, 2.24) is 52.3 Å². The van der Waals surface area contributed by atoms with Crippen LogP contribution in [0.3, 0.4) is 0 Å². The number of amides is 8. The molecule has 0 radical (unpaired) electrons. The molecule has 106 heavy (non-hydrogen) atoms. The molecule has 2 fully saturated rings. The number of ketones is 1. The van der Waals surface area contributed by atoms with Gasteiger partial charge in [-0.3, -0.25) is 57.9 Å². The number of hydrogen-bond acceptors (Lipinski definition) is 22. The number of fused-ring (bicyclic) bond motifs is 2. The largest absolute Gasteiger partial charge is 0.511 e. The summed E-state index contributed by atoms with van der Waals surface area (Å²) in [4.78, 5) is 132. The molecule has 4 atom stereocenters. The summed E-state index contributed by atoms with van der Waals surface area (Å²) in [6.07, 6.45) is 10.6. The van der Waals surface area contributed by atoms with E-state index in [0.29, 0.717) is 158 Å². The predicted molar refractivity (Wildman–Crippen MR) is 402 cm³/mol. The van der Waals surface area contributed by atoms with Gasteiger partial charge in [-0.2, -0.15) is 16.9 Å². The fourth-order valence-electron chi connectivity index (χ4n) is 12.0. The van der Waals surface area contributed by atoms with Gasteiger partial charge in [0.15, 0.2) is 5.78 Å². The van der Waals surface area contributed by atoms with E-state index in [0.717, 1.165) is 49.0 Å². The van der Waals surface area contributed by atoms with E-state index in [2.05, 4.69) is 63.0 Å². The van der Waals surface area contributed by atoms with Crippen LogP contribution in [0.2, 0.25) is 0 Å². The fourth-order valence-corrected chi connectivity index (χ4v) is 13.5. The van der Waals surface area contributed by atoms with Crippen molar-refractivity contribution in [2.24, 2.45) is 38.6 Å². The van der Waals surface area contributed by atoms with Crippen LogP contribution in [0.15, 0.2) is 89.8 Å². The summed E-state index contributed by atoms with van der Waals surface area (Å²) in [6.45, 7) is 9.31. The molecule has 2 saturated heterocycles. The van der Waals surface area contributed by atoms with E-state index in [9.17, 15) is 53.1 Å². The Hall–Kier alpha value is -8.63. The first kappa shape index (κ1) is 86.3. The number of allylic oxidation sites excluding steroid dienone is 2. The number of ether oxygens (including phenoxy) is 6. The SMILES string of the molecule is Cn1[nH]c(=O)c2cc(OCCCCCCNC(=O)CCC(=O)N[C@@H](CCCCNC(=O)CCCCC(=NCCOCCOCCNC(=O)C(N=Nc3ccccc3)=NN)C3=C(O)CC(C)(C)CC3=O)C(=O)NCCCOCCOCCOCCCNC(=O)CCCC[C@@H]3SC[C@@H]4NC(=O)N[C@@H]43)ccc2c1=O. The maximum atomic E-state index is 13.6. The lowest BCUT2D eigenvalue weighted by atomic mass is 9.75. The lowest BCUT2D eigenvalue weighted by molar-refractivity contribution is -0.130. The number of nitrogens with one attached hydrogen (secondary N) is 9. The lowest BCUT2D eigenvalue weighted by Crippen LogP contribution is -2.47. The van der Waals surface area contributed by atoms with Crippen LogP contribution in [-0.4, -0.2) is 215 Å². The van der Waals surface area contributed by atoms with Gasteiger partial charge in [0.05, 0.1) is 100 Å². The molecule has 0 spiro atoms. The molecule has 0 saturated carbocycles. The van der Waals surface area contributed by atoms with E-state index >= 15 is 0 Å². The topological polar surface area (TPSA) is 439 Å². The Bertz CT molecular complexity index is 3530. The minimum atomic E-state index is -0.903. The van der Waals surface area contributed by atoms with Gasteiger partial charge in [0.2, 0.25) is 29.5 Å². The van der Waals surface area contributed by atoms with Crippen LogP contribution >= 0.6 is 11.8 Å². The van der Waals surface area contributed by atoms with Gasteiger partial charge in [0, 0.05) is 108 Å². The third kappa shape index (κ3) is 33.4. The molecule has 12 N–H and O–H groups in total. The van der Waals surface area contributed by atoms with Gasteiger partial charge in [-0.1, -0.05) is 51.3 Å². The number of rotatable bonds is 53. The van der Waals surface area contributed by atoms with Crippen LogP contribution in [0.1, 0.15) is 149 Å². The number of azo groups is 1. The highest BCUT2D eigenvalue weighted by atomic mass is 32.2. The Kier molecular flexibility index (Phi) is 40.1. The van der Waals surface area contributed by atoms with E-state index in [4.69, 9.17) is 39.3 Å². The average molecular weight is 1500 g/mol. The number of urea groups is 1. The van der Waals surface area contributed by atoms with E-state index in [1.807, 2.05) is 31.7 Å². The van der Waals surface area contributed by atoms with Crippen LogP contribution in [0.4, 0.5) is 10.5 Å². The number of aryl methyl sites for hydroxylation is 1. The summed E-state index contributed by atoms with van der Waals surface area (Å²) in [5, 5.41) is 48.7. The summed E-state index contributed by atoms with van der Waals surface area (Å²) in [7, 11) is 1.48. The number of carbonyl (C=O) groups is 8. The minimum absolute atomic E-state index is 0.00450. The molecule has 3 aromatic rings. The molecule has 6 rings (SSSR count). The number of carbonyl (C=O) groups excluding carboxylic acids is 8. The second kappa shape index (κ2) is 49.3. The van der Waals surface area contributed by atoms with Gasteiger partial charge in [0.1, 0.15) is 17.6 Å². The summed E-state index contributed by atoms with van der Waals surface area (Å²) in [5.41, 5.74) is 0.117. The first-order valence-electron chi connectivity index (χ1n) is 37.1. The maximum Gasteiger partial charge on any atom is 0.315 e. The summed E-state index contributed by atoms with van der Waals surface area (Å²) < 4.78 is 35.2. The highest BCUT2D eigenvalue weighted by molar-refractivity contribution is 8.00. The van der Waals surface area contributed by atoms with E-state index in [1.165, 1.54) is 7.05 Å². The number of aromatic nitrogens is 2. The van der Waals surface area contributed by atoms with E-state index < -0.39 is 23.3 Å². The summed E-state index contributed by atoms with van der Waals surface area (Å²) in [6, 6.07) is 13.0. The number of nitrogens with two attached hydrogens (primary N) is 1. The molecule has 0 bridgehead atoms. The normalized spacial score (nSPS) is 16.7. The van der Waals surface area contributed by atoms with E-state index in [-0.39, 0.29) is 159 Å². The smallest absolute Gasteiger partial charge is 0.315 e. The predicted octanol–water partition coefficient (Wildman–Crippen LogP) is 5.03. The van der Waals surface area contributed by atoms with Gasteiger partial charge >= 0.3 is 6.03 Å². The molecule has 3 aliphatic rings. The Morgan fingerprint density at radius 3 is 1.94 bits per heavy atom. The number of H-pyrrole nitrogens is 1. The van der Waals surface area contributed by atoms with Crippen LogP contribution in [0.25, 0.3) is 10.8 Å².